The molecule has 11 heteroatoms. The number of aliphatic hydroxyl groups is 3. The summed E-state index contributed by atoms with van der Waals surface area (Å²) in [5.41, 5.74) is 11.5. The van der Waals surface area contributed by atoms with E-state index in [1.165, 1.54) is 0 Å². The van der Waals surface area contributed by atoms with E-state index < -0.39 is 30.0 Å². The summed E-state index contributed by atoms with van der Waals surface area (Å²) in [7, 11) is 3.58. The van der Waals surface area contributed by atoms with Gasteiger partial charge in [0.05, 0.1) is 43.5 Å². The van der Waals surface area contributed by atoms with E-state index in [1.807, 2.05) is 20.0 Å². The number of nitrogens with two attached hydrogens (primary N) is 2. The largest absolute Gasteiger partial charge is 0.491 e. The molecule has 36 heavy (non-hydrogen) atoms. The molecule has 11 unspecified atom stereocenters. The zero-order chi connectivity index (χ0) is 26.6. The van der Waals surface area contributed by atoms with Crippen LogP contribution in [0, 0.1) is 17.8 Å². The summed E-state index contributed by atoms with van der Waals surface area (Å²) in [6, 6.07) is -0.960. The molecule has 3 aliphatic rings. The van der Waals surface area contributed by atoms with Gasteiger partial charge in [0.2, 0.25) is 0 Å². The van der Waals surface area contributed by atoms with Crippen LogP contribution in [0.1, 0.15) is 40.0 Å². The number of nitrogens with one attached hydrogen (secondary N) is 3. The van der Waals surface area contributed by atoms with Crippen LogP contribution >= 0.6 is 0 Å². The van der Waals surface area contributed by atoms with E-state index in [0.29, 0.717) is 38.3 Å². The number of aliphatic imine (C=N–C) groups is 1. The predicted octanol–water partition coefficient (Wildman–Crippen LogP) is -1.38. The Morgan fingerprint density at radius 1 is 1.28 bits per heavy atom. The van der Waals surface area contributed by atoms with Crippen molar-refractivity contribution in [1.29, 1.82) is 0 Å². The highest BCUT2D eigenvalue weighted by Gasteiger charge is 2.51. The monoisotopic (exact) mass is 512 g/mol. The van der Waals surface area contributed by atoms with Crippen molar-refractivity contribution in [2.75, 3.05) is 33.8 Å². The second-order valence-electron chi connectivity index (χ2n) is 10.9. The minimum atomic E-state index is -1.19. The van der Waals surface area contributed by atoms with Gasteiger partial charge in [0.25, 0.3) is 0 Å². The number of hydrogen-bond acceptors (Lipinski definition) is 9. The number of guanidine groups is 1. The van der Waals surface area contributed by atoms with Crippen LogP contribution in [0.3, 0.4) is 0 Å². The SMILES string of the molecule is CCN=C(N)NC1CC=C(CNC)OC1C1C(C)CC(N)C(CC2OCC(C)(O)C(NC)C2O)C1O. The summed E-state index contributed by atoms with van der Waals surface area (Å²) in [6.45, 7) is 6.92. The highest BCUT2D eigenvalue weighted by Crippen LogP contribution is 2.42. The molecule has 2 aliphatic heterocycles. The number of hydrogen-bond donors (Lipinski definition) is 8. The smallest absolute Gasteiger partial charge is 0.188 e. The maximum Gasteiger partial charge on any atom is 0.188 e. The van der Waals surface area contributed by atoms with Gasteiger partial charge < -0.3 is 52.2 Å². The summed E-state index contributed by atoms with van der Waals surface area (Å²) in [5, 5.41) is 42.8. The number of rotatable bonds is 8. The van der Waals surface area contributed by atoms with E-state index in [9.17, 15) is 15.3 Å². The quantitative estimate of drug-likeness (QED) is 0.143. The van der Waals surface area contributed by atoms with E-state index in [1.54, 1.807) is 14.0 Å². The third-order valence-electron chi connectivity index (χ3n) is 8.16. The molecule has 208 valence electrons. The van der Waals surface area contributed by atoms with Gasteiger partial charge in [-0.2, -0.15) is 0 Å². The molecule has 2 heterocycles. The second kappa shape index (κ2) is 12.4. The average Bonchev–Trinajstić information content (AvgIpc) is 2.80. The molecule has 11 nitrogen and oxygen atoms in total. The van der Waals surface area contributed by atoms with Crippen LogP contribution in [0.4, 0.5) is 0 Å². The van der Waals surface area contributed by atoms with Crippen molar-refractivity contribution in [1.82, 2.24) is 16.0 Å². The van der Waals surface area contributed by atoms with Crippen LogP contribution in [0.2, 0.25) is 0 Å². The zero-order valence-corrected chi connectivity index (χ0v) is 22.4. The molecule has 11 atom stereocenters. The van der Waals surface area contributed by atoms with E-state index in [0.717, 1.165) is 5.76 Å². The minimum absolute atomic E-state index is 0.0874. The summed E-state index contributed by atoms with van der Waals surface area (Å²) < 4.78 is 12.4. The van der Waals surface area contributed by atoms with Gasteiger partial charge in [-0.1, -0.05) is 6.92 Å². The fourth-order valence-electron chi connectivity index (χ4n) is 6.35. The van der Waals surface area contributed by atoms with Crippen molar-refractivity contribution in [2.24, 2.45) is 34.2 Å². The predicted molar refractivity (Wildman–Crippen MR) is 139 cm³/mol. The molecule has 0 radical (unpaired) electrons. The van der Waals surface area contributed by atoms with Crippen molar-refractivity contribution in [3.63, 3.8) is 0 Å². The van der Waals surface area contributed by atoms with Crippen LogP contribution in [0.15, 0.2) is 16.8 Å². The minimum Gasteiger partial charge on any atom is -0.491 e. The van der Waals surface area contributed by atoms with Gasteiger partial charge in [0.15, 0.2) is 5.96 Å². The first-order valence-corrected chi connectivity index (χ1v) is 13.2. The Labute approximate surface area is 215 Å². The first kappa shape index (κ1) is 29.1. The third-order valence-corrected chi connectivity index (χ3v) is 8.16. The first-order chi connectivity index (χ1) is 17.0. The lowest BCUT2D eigenvalue weighted by Crippen LogP contribution is -2.66. The molecular weight excluding hydrogens is 464 g/mol. The van der Waals surface area contributed by atoms with Crippen LogP contribution in [-0.2, 0) is 9.47 Å². The molecule has 0 aromatic heterocycles. The standard InChI is InChI=1S/C25H48N6O5/c1-6-30-24(27)31-17-8-7-14(11-28-4)36-22(17)19-13(2)9-16(26)15(20(19)32)10-18-21(33)23(29-5)25(3,34)12-35-18/h7,13,15-23,28-29,32-34H,6,8-12,26H2,1-5H3,(H3,27,30,31). The van der Waals surface area contributed by atoms with Gasteiger partial charge in [0, 0.05) is 24.4 Å². The van der Waals surface area contributed by atoms with Gasteiger partial charge >= 0.3 is 0 Å². The van der Waals surface area contributed by atoms with Gasteiger partial charge in [-0.05, 0) is 59.2 Å². The fourth-order valence-corrected chi connectivity index (χ4v) is 6.35. The lowest BCUT2D eigenvalue weighted by Gasteiger charge is -2.50. The summed E-state index contributed by atoms with van der Waals surface area (Å²) in [4.78, 5) is 4.27. The van der Waals surface area contributed by atoms with Crippen LogP contribution in [-0.4, -0.2) is 103 Å². The van der Waals surface area contributed by atoms with Crippen LogP contribution in [0.5, 0.6) is 0 Å². The van der Waals surface area contributed by atoms with Crippen molar-refractivity contribution < 1.29 is 24.8 Å². The normalized spacial score (nSPS) is 44.0. The van der Waals surface area contributed by atoms with Crippen molar-refractivity contribution >= 4 is 5.96 Å². The van der Waals surface area contributed by atoms with E-state index in [-0.39, 0.29) is 42.5 Å². The maximum atomic E-state index is 11.7. The topological polar surface area (TPSA) is 180 Å². The molecule has 2 fully saturated rings. The van der Waals surface area contributed by atoms with E-state index in [4.69, 9.17) is 20.9 Å². The highest BCUT2D eigenvalue weighted by atomic mass is 16.5. The molecule has 1 aliphatic carbocycles. The number of ether oxygens (including phenoxy) is 2. The Morgan fingerprint density at radius 2 is 2.00 bits per heavy atom. The Morgan fingerprint density at radius 3 is 2.64 bits per heavy atom. The lowest BCUT2D eigenvalue weighted by atomic mass is 9.64. The number of likely N-dealkylation sites (N-methyl/N-ethyl adjacent to an activating group) is 2. The molecule has 0 bridgehead atoms. The van der Waals surface area contributed by atoms with Gasteiger partial charge in [-0.15, -0.1) is 0 Å². The van der Waals surface area contributed by atoms with Crippen LogP contribution in [0.25, 0.3) is 0 Å². The first-order valence-electron chi connectivity index (χ1n) is 13.2. The second-order valence-corrected chi connectivity index (χ2v) is 10.9. The van der Waals surface area contributed by atoms with Crippen molar-refractivity contribution in [3.05, 3.63) is 11.8 Å². The zero-order valence-electron chi connectivity index (χ0n) is 22.4. The molecule has 10 N–H and O–H groups in total. The molecule has 0 aromatic rings. The summed E-state index contributed by atoms with van der Waals surface area (Å²) >= 11 is 0. The van der Waals surface area contributed by atoms with Crippen molar-refractivity contribution in [3.8, 4) is 0 Å². The number of aliphatic hydroxyl groups excluding tert-OH is 2. The third kappa shape index (κ3) is 6.32. The maximum absolute atomic E-state index is 11.7. The fraction of sp³-hybridized carbons (Fsp3) is 0.880. The Bertz CT molecular complexity index is 780. The molecule has 0 spiro atoms. The van der Waals surface area contributed by atoms with Gasteiger partial charge in [-0.3, -0.25) is 4.99 Å². The Balaban J connectivity index is 1.82. The van der Waals surface area contributed by atoms with E-state index >= 15 is 0 Å². The lowest BCUT2D eigenvalue weighted by molar-refractivity contribution is -0.193. The van der Waals surface area contributed by atoms with E-state index in [2.05, 4.69) is 27.9 Å². The Kier molecular flexibility index (Phi) is 10.0. The Hall–Kier alpha value is -1.47. The molecular formula is C25H48N6O5. The van der Waals surface area contributed by atoms with Crippen LogP contribution < -0.4 is 27.4 Å². The summed E-state index contributed by atoms with van der Waals surface area (Å²) in [5.74, 6) is 0.767. The van der Waals surface area contributed by atoms with Crippen molar-refractivity contribution in [2.45, 2.75) is 88.2 Å². The molecule has 1 saturated carbocycles. The average molecular weight is 513 g/mol. The molecule has 1 saturated heterocycles. The summed E-state index contributed by atoms with van der Waals surface area (Å²) in [6.07, 6.45) is 1.21. The number of nitrogens with zero attached hydrogens (tertiary/aromatic N) is 1. The molecule has 0 amide bonds. The van der Waals surface area contributed by atoms with Gasteiger partial charge in [-0.25, -0.2) is 0 Å². The highest BCUT2D eigenvalue weighted by molar-refractivity contribution is 5.78. The van der Waals surface area contributed by atoms with Gasteiger partial charge in [0.1, 0.15) is 17.5 Å². The molecule has 0 aromatic carbocycles. The molecule has 3 rings (SSSR count).